The van der Waals surface area contributed by atoms with E-state index in [-0.39, 0.29) is 19.4 Å². The number of imide groups is 1. The minimum atomic E-state index is -5.76. The third kappa shape index (κ3) is 4.78. The largest absolute Gasteiger partial charge is 0.455 e. The summed E-state index contributed by atoms with van der Waals surface area (Å²) in [6.07, 6.45) is -2.61. The molecule has 0 saturated carbocycles. The van der Waals surface area contributed by atoms with Gasteiger partial charge in [0.2, 0.25) is 5.91 Å². The molecular formula is C21H21F2NO7S. The van der Waals surface area contributed by atoms with Crippen molar-refractivity contribution in [1.82, 2.24) is 4.90 Å². The second kappa shape index (κ2) is 8.91. The molecule has 2 aromatic rings. The Hall–Kier alpha value is -2.92. The molecule has 1 fully saturated rings. The summed E-state index contributed by atoms with van der Waals surface area (Å²) < 4.78 is 61.8. The number of rotatable bonds is 6. The van der Waals surface area contributed by atoms with Crippen molar-refractivity contribution in [2.75, 3.05) is 6.54 Å². The van der Waals surface area contributed by atoms with Crippen LogP contribution in [0.5, 0.6) is 0 Å². The number of hydrogen-bond acceptors (Lipinski definition) is 6. The molecule has 8 nitrogen and oxygen atoms in total. The van der Waals surface area contributed by atoms with Gasteiger partial charge in [0.25, 0.3) is 5.91 Å². The lowest BCUT2D eigenvalue weighted by molar-refractivity contribution is -0.161. The summed E-state index contributed by atoms with van der Waals surface area (Å²) in [6, 6.07) is 12.3. The Morgan fingerprint density at radius 3 is 2.56 bits per heavy atom. The third-order valence-electron chi connectivity index (χ3n) is 5.35. The zero-order chi connectivity index (χ0) is 23.7. The summed E-state index contributed by atoms with van der Waals surface area (Å²) in [5.41, 5.74) is 0.320. The molecule has 1 N–H and O–H groups in total. The molecule has 1 saturated heterocycles. The van der Waals surface area contributed by atoms with E-state index in [4.69, 9.17) is 4.55 Å². The molecule has 0 aromatic heterocycles. The number of fused-ring (bicyclic) bond motifs is 1. The Labute approximate surface area is 182 Å². The predicted octanol–water partition coefficient (Wildman–Crippen LogP) is 3.02. The van der Waals surface area contributed by atoms with Gasteiger partial charge in [0.1, 0.15) is 0 Å². The Morgan fingerprint density at radius 2 is 1.88 bits per heavy atom. The van der Waals surface area contributed by atoms with Gasteiger partial charge in [-0.15, -0.1) is 0 Å². The van der Waals surface area contributed by atoms with E-state index in [1.54, 1.807) is 24.3 Å². The molecule has 172 valence electrons. The summed E-state index contributed by atoms with van der Waals surface area (Å²) >= 11 is 0. The van der Waals surface area contributed by atoms with E-state index in [1.807, 2.05) is 18.2 Å². The Kier molecular flexibility index (Phi) is 6.61. The number of carbonyl (C=O) groups excluding carboxylic acids is 3. The first-order chi connectivity index (χ1) is 14.9. The highest BCUT2D eigenvalue weighted by molar-refractivity contribution is 7.86. The van der Waals surface area contributed by atoms with Crippen LogP contribution >= 0.6 is 0 Å². The first-order valence-corrected chi connectivity index (χ1v) is 11.2. The Balaban J connectivity index is 1.71. The van der Waals surface area contributed by atoms with Crippen molar-refractivity contribution in [3.05, 3.63) is 48.0 Å². The smallest absolute Gasteiger partial charge is 0.405 e. The summed E-state index contributed by atoms with van der Waals surface area (Å²) in [7, 11) is -5.76. The topological polar surface area (TPSA) is 118 Å². The van der Waals surface area contributed by atoms with E-state index in [0.717, 1.165) is 10.3 Å². The lowest BCUT2D eigenvalue weighted by atomic mass is 9.93. The summed E-state index contributed by atoms with van der Waals surface area (Å²) in [6.45, 7) is 0.533. The highest BCUT2D eigenvalue weighted by Crippen LogP contribution is 2.29. The average Bonchev–Trinajstić information content (AvgIpc) is 2.73. The average molecular weight is 469 g/mol. The van der Waals surface area contributed by atoms with Crippen LogP contribution in [0.1, 0.15) is 36.5 Å². The fraction of sp³-hybridized carbons (Fsp3) is 0.381. The maximum absolute atomic E-state index is 13.6. The van der Waals surface area contributed by atoms with Crippen LogP contribution in [0.4, 0.5) is 8.78 Å². The zero-order valence-corrected chi connectivity index (χ0v) is 17.8. The SMILES string of the molecule is CC(OC(=O)CC1CCC(=O)N(C(=O)c2cccc3ccccc23)C1)C(F)(F)S(=O)(=O)O. The van der Waals surface area contributed by atoms with Crippen LogP contribution < -0.4 is 0 Å². The van der Waals surface area contributed by atoms with E-state index in [1.165, 1.54) is 0 Å². The number of benzene rings is 2. The van der Waals surface area contributed by atoms with Gasteiger partial charge < -0.3 is 4.74 Å². The van der Waals surface area contributed by atoms with E-state index in [0.29, 0.717) is 17.9 Å². The molecule has 2 amide bonds. The van der Waals surface area contributed by atoms with Gasteiger partial charge in [-0.3, -0.25) is 23.8 Å². The van der Waals surface area contributed by atoms with Crippen molar-refractivity contribution in [3.63, 3.8) is 0 Å². The molecule has 0 aliphatic carbocycles. The lowest BCUT2D eigenvalue weighted by Crippen LogP contribution is -2.45. The van der Waals surface area contributed by atoms with Gasteiger partial charge in [-0.05, 0) is 36.1 Å². The maximum Gasteiger partial charge on any atom is 0.405 e. The minimum absolute atomic E-state index is 0.0226. The van der Waals surface area contributed by atoms with Crippen molar-refractivity contribution in [1.29, 1.82) is 0 Å². The zero-order valence-electron chi connectivity index (χ0n) is 17.0. The molecule has 2 unspecified atom stereocenters. The lowest BCUT2D eigenvalue weighted by Gasteiger charge is -2.31. The second-order valence-corrected chi connectivity index (χ2v) is 9.11. The second-order valence-electron chi connectivity index (χ2n) is 7.61. The van der Waals surface area contributed by atoms with Crippen molar-refractivity contribution in [3.8, 4) is 0 Å². The summed E-state index contributed by atoms with van der Waals surface area (Å²) in [5, 5.41) is -3.19. The van der Waals surface area contributed by atoms with Crippen LogP contribution in [0, 0.1) is 5.92 Å². The highest BCUT2D eigenvalue weighted by atomic mass is 32.2. The van der Waals surface area contributed by atoms with Crippen molar-refractivity contribution >= 4 is 38.7 Å². The number of nitrogens with zero attached hydrogens (tertiary/aromatic N) is 1. The number of amides is 2. The van der Waals surface area contributed by atoms with E-state index in [2.05, 4.69) is 4.74 Å². The Bertz CT molecular complexity index is 1160. The van der Waals surface area contributed by atoms with E-state index >= 15 is 0 Å². The van der Waals surface area contributed by atoms with Gasteiger partial charge in [-0.1, -0.05) is 36.4 Å². The monoisotopic (exact) mass is 469 g/mol. The van der Waals surface area contributed by atoms with Crippen LogP contribution in [0.2, 0.25) is 0 Å². The number of halogens is 2. The molecule has 32 heavy (non-hydrogen) atoms. The van der Waals surface area contributed by atoms with Gasteiger partial charge >= 0.3 is 21.3 Å². The predicted molar refractivity (Wildman–Crippen MR) is 109 cm³/mol. The number of ether oxygens (including phenoxy) is 1. The summed E-state index contributed by atoms with van der Waals surface area (Å²) in [5.74, 6) is -2.63. The van der Waals surface area contributed by atoms with E-state index in [9.17, 15) is 31.6 Å². The van der Waals surface area contributed by atoms with Gasteiger partial charge in [-0.25, -0.2) is 0 Å². The van der Waals surface area contributed by atoms with Gasteiger partial charge in [0.05, 0.1) is 6.42 Å². The molecule has 0 radical (unpaired) electrons. The standard InChI is InChI=1S/C21H21F2NO7S/c1-13(21(22,23)32(28,29)30)31-19(26)11-14-9-10-18(25)24(12-14)20(27)17-8-4-6-15-5-2-3-7-16(15)17/h2-8,13-14H,9-12H2,1H3,(H,28,29,30). The number of alkyl halides is 2. The van der Waals surface area contributed by atoms with Gasteiger partial charge in [0, 0.05) is 18.5 Å². The number of hydrogen-bond donors (Lipinski definition) is 1. The Morgan fingerprint density at radius 1 is 1.22 bits per heavy atom. The molecule has 2 atom stereocenters. The van der Waals surface area contributed by atoms with Crippen LogP contribution in [-0.2, 0) is 24.4 Å². The molecule has 1 aliphatic rings. The van der Waals surface area contributed by atoms with Gasteiger partial charge in [-0.2, -0.15) is 17.2 Å². The summed E-state index contributed by atoms with van der Waals surface area (Å²) in [4.78, 5) is 38.6. The van der Waals surface area contributed by atoms with Crippen LogP contribution in [0.3, 0.4) is 0 Å². The number of esters is 1. The fourth-order valence-corrected chi connectivity index (χ4v) is 4.06. The normalized spacial score (nSPS) is 18.4. The molecule has 1 heterocycles. The number of carbonyl (C=O) groups is 3. The highest BCUT2D eigenvalue weighted by Gasteiger charge is 2.52. The number of likely N-dealkylation sites (tertiary alicyclic amines) is 1. The van der Waals surface area contributed by atoms with Crippen LogP contribution in [-0.4, -0.2) is 53.6 Å². The molecule has 0 bridgehead atoms. The third-order valence-corrected chi connectivity index (χ3v) is 6.37. The first-order valence-electron chi connectivity index (χ1n) is 9.78. The molecule has 1 aliphatic heterocycles. The van der Waals surface area contributed by atoms with Crippen LogP contribution in [0.15, 0.2) is 42.5 Å². The quantitative estimate of drug-likeness (QED) is 0.392. The van der Waals surface area contributed by atoms with E-state index < -0.39 is 51.6 Å². The van der Waals surface area contributed by atoms with Crippen LogP contribution in [0.25, 0.3) is 10.8 Å². The molecule has 3 rings (SSSR count). The van der Waals surface area contributed by atoms with Crippen molar-refractivity contribution < 1.29 is 40.9 Å². The number of piperidine rings is 1. The minimum Gasteiger partial charge on any atom is -0.455 e. The van der Waals surface area contributed by atoms with Gasteiger partial charge in [0.15, 0.2) is 6.10 Å². The molecule has 11 heteroatoms. The fourth-order valence-electron chi connectivity index (χ4n) is 3.59. The molecule has 0 spiro atoms. The van der Waals surface area contributed by atoms with Crippen molar-refractivity contribution in [2.24, 2.45) is 5.92 Å². The van der Waals surface area contributed by atoms with Crippen molar-refractivity contribution in [2.45, 2.75) is 37.5 Å². The maximum atomic E-state index is 13.6. The first kappa shape index (κ1) is 23.7. The molecular weight excluding hydrogens is 448 g/mol. The molecule has 2 aromatic carbocycles.